The first-order valence-electron chi connectivity index (χ1n) is 5.05. The molecule has 0 unspecified atom stereocenters. The minimum Gasteiger partial charge on any atom is -0.316 e. The van der Waals surface area contributed by atoms with Gasteiger partial charge in [0.2, 0.25) is 0 Å². The fraction of sp³-hybridized carbons (Fsp3) is 0.273. The summed E-state index contributed by atoms with van der Waals surface area (Å²) in [5, 5.41) is 6.29. The summed E-state index contributed by atoms with van der Waals surface area (Å²) in [6.07, 6.45) is 4.37. The van der Waals surface area contributed by atoms with E-state index in [-0.39, 0.29) is 0 Å². The lowest BCUT2D eigenvalue weighted by molar-refractivity contribution is 1.05. The number of rotatable bonds is 3. The molecule has 15 heavy (non-hydrogen) atoms. The predicted molar refractivity (Wildman–Crippen MR) is 61.6 cm³/mol. The van der Waals surface area contributed by atoms with Gasteiger partial charge >= 0.3 is 0 Å². The van der Waals surface area contributed by atoms with Crippen molar-refractivity contribution in [1.82, 2.24) is 9.97 Å². The number of nitrogens with zero attached hydrogens (tertiary/aromatic N) is 2. The summed E-state index contributed by atoms with van der Waals surface area (Å²) >= 11 is 1.65. The Hall–Kier alpha value is -1.42. The van der Waals surface area contributed by atoms with Gasteiger partial charge in [0.25, 0.3) is 0 Å². The summed E-state index contributed by atoms with van der Waals surface area (Å²) in [7, 11) is 0. The standard InChI is InChI=1S/C11H11N3S/c1-2-6-12-10(3-1)14-11-13-9(7-15-11)8-4-5-8/h1-3,6-8H,4-5H2,(H,12,13,14). The zero-order chi connectivity index (χ0) is 10.1. The van der Waals surface area contributed by atoms with Gasteiger partial charge in [0.15, 0.2) is 5.13 Å². The average Bonchev–Trinajstić information content (AvgIpc) is 3.02. The van der Waals surface area contributed by atoms with Crippen molar-refractivity contribution >= 4 is 22.3 Å². The number of hydrogen-bond donors (Lipinski definition) is 1. The molecule has 76 valence electrons. The second kappa shape index (κ2) is 3.62. The molecule has 1 saturated carbocycles. The molecule has 1 aliphatic carbocycles. The Morgan fingerprint density at radius 3 is 3.00 bits per heavy atom. The quantitative estimate of drug-likeness (QED) is 0.858. The molecule has 1 fully saturated rings. The highest BCUT2D eigenvalue weighted by Gasteiger charge is 2.25. The number of thiazole rings is 1. The van der Waals surface area contributed by atoms with Crippen molar-refractivity contribution in [2.75, 3.05) is 5.32 Å². The van der Waals surface area contributed by atoms with Gasteiger partial charge in [-0.15, -0.1) is 11.3 Å². The van der Waals surface area contributed by atoms with Crippen molar-refractivity contribution in [2.45, 2.75) is 18.8 Å². The summed E-state index contributed by atoms with van der Waals surface area (Å²) < 4.78 is 0. The van der Waals surface area contributed by atoms with Crippen molar-refractivity contribution in [3.63, 3.8) is 0 Å². The smallest absolute Gasteiger partial charge is 0.188 e. The predicted octanol–water partition coefficient (Wildman–Crippen LogP) is 3.16. The molecule has 2 aromatic rings. The van der Waals surface area contributed by atoms with E-state index in [9.17, 15) is 0 Å². The van der Waals surface area contributed by atoms with Crippen molar-refractivity contribution in [2.24, 2.45) is 0 Å². The second-order valence-electron chi connectivity index (χ2n) is 3.69. The molecular weight excluding hydrogens is 206 g/mol. The zero-order valence-electron chi connectivity index (χ0n) is 8.18. The molecule has 0 bridgehead atoms. The highest BCUT2D eigenvalue weighted by molar-refractivity contribution is 7.13. The van der Waals surface area contributed by atoms with E-state index in [0.29, 0.717) is 0 Å². The Labute approximate surface area is 92.2 Å². The van der Waals surface area contributed by atoms with Crippen LogP contribution in [-0.4, -0.2) is 9.97 Å². The minimum absolute atomic E-state index is 0.723. The van der Waals surface area contributed by atoms with E-state index < -0.39 is 0 Å². The van der Waals surface area contributed by atoms with Crippen LogP contribution in [0.5, 0.6) is 0 Å². The van der Waals surface area contributed by atoms with Gasteiger partial charge in [-0.05, 0) is 25.0 Å². The topological polar surface area (TPSA) is 37.8 Å². The van der Waals surface area contributed by atoms with Crippen LogP contribution in [0.3, 0.4) is 0 Å². The van der Waals surface area contributed by atoms with E-state index in [1.165, 1.54) is 18.5 Å². The van der Waals surface area contributed by atoms with Crippen LogP contribution in [0.1, 0.15) is 24.5 Å². The number of pyridine rings is 1. The lowest BCUT2D eigenvalue weighted by atomic mass is 10.3. The van der Waals surface area contributed by atoms with E-state index >= 15 is 0 Å². The van der Waals surface area contributed by atoms with Crippen LogP contribution < -0.4 is 5.32 Å². The molecule has 0 radical (unpaired) electrons. The summed E-state index contributed by atoms with van der Waals surface area (Å²) in [6, 6.07) is 5.81. The fourth-order valence-electron chi connectivity index (χ4n) is 1.46. The van der Waals surface area contributed by atoms with Crippen molar-refractivity contribution in [1.29, 1.82) is 0 Å². The summed E-state index contributed by atoms with van der Waals surface area (Å²) in [6.45, 7) is 0. The van der Waals surface area contributed by atoms with Crippen LogP contribution in [0.2, 0.25) is 0 Å². The molecule has 1 aliphatic rings. The maximum atomic E-state index is 4.53. The van der Waals surface area contributed by atoms with Gasteiger partial charge in [-0.3, -0.25) is 0 Å². The Bertz CT molecular complexity index is 448. The Morgan fingerprint density at radius 1 is 1.33 bits per heavy atom. The average molecular weight is 217 g/mol. The Kier molecular flexibility index (Phi) is 2.14. The molecule has 0 amide bonds. The van der Waals surface area contributed by atoms with Gasteiger partial charge in [-0.2, -0.15) is 0 Å². The van der Waals surface area contributed by atoms with Gasteiger partial charge in [0.1, 0.15) is 5.82 Å². The maximum Gasteiger partial charge on any atom is 0.188 e. The number of anilines is 2. The normalized spacial score (nSPS) is 15.2. The molecule has 2 aromatic heterocycles. The summed E-state index contributed by atoms with van der Waals surface area (Å²) in [5.41, 5.74) is 1.23. The Morgan fingerprint density at radius 2 is 2.27 bits per heavy atom. The van der Waals surface area contributed by atoms with Crippen LogP contribution >= 0.6 is 11.3 Å². The molecular formula is C11H11N3S. The van der Waals surface area contributed by atoms with Gasteiger partial charge < -0.3 is 5.32 Å². The second-order valence-corrected chi connectivity index (χ2v) is 4.55. The largest absolute Gasteiger partial charge is 0.316 e. The van der Waals surface area contributed by atoms with E-state index in [2.05, 4.69) is 20.7 Å². The summed E-state index contributed by atoms with van der Waals surface area (Å²) in [5.74, 6) is 1.58. The molecule has 2 heterocycles. The van der Waals surface area contributed by atoms with Crippen LogP contribution in [-0.2, 0) is 0 Å². The molecule has 1 N–H and O–H groups in total. The van der Waals surface area contributed by atoms with Crippen LogP contribution in [0.15, 0.2) is 29.8 Å². The van der Waals surface area contributed by atoms with Crippen LogP contribution in [0.25, 0.3) is 0 Å². The summed E-state index contributed by atoms with van der Waals surface area (Å²) in [4.78, 5) is 8.73. The lowest BCUT2D eigenvalue weighted by Gasteiger charge is -1.99. The molecule has 0 aliphatic heterocycles. The molecule has 0 aromatic carbocycles. The van der Waals surface area contributed by atoms with E-state index in [4.69, 9.17) is 0 Å². The number of aromatic nitrogens is 2. The van der Waals surface area contributed by atoms with Crippen molar-refractivity contribution in [3.8, 4) is 0 Å². The Balaban J connectivity index is 1.76. The fourth-order valence-corrected chi connectivity index (χ4v) is 2.26. The van der Waals surface area contributed by atoms with Gasteiger partial charge in [0.05, 0.1) is 5.69 Å². The zero-order valence-corrected chi connectivity index (χ0v) is 9.00. The number of hydrogen-bond acceptors (Lipinski definition) is 4. The molecule has 4 heteroatoms. The lowest BCUT2D eigenvalue weighted by Crippen LogP contribution is -1.91. The van der Waals surface area contributed by atoms with E-state index in [0.717, 1.165) is 16.9 Å². The first-order chi connectivity index (χ1) is 7.42. The monoisotopic (exact) mass is 217 g/mol. The van der Waals surface area contributed by atoms with Crippen molar-refractivity contribution < 1.29 is 0 Å². The highest BCUT2D eigenvalue weighted by atomic mass is 32.1. The molecule has 0 saturated heterocycles. The van der Waals surface area contributed by atoms with Crippen molar-refractivity contribution in [3.05, 3.63) is 35.5 Å². The van der Waals surface area contributed by atoms with Crippen LogP contribution in [0.4, 0.5) is 10.9 Å². The number of nitrogens with one attached hydrogen (secondary N) is 1. The first-order valence-corrected chi connectivity index (χ1v) is 5.93. The van der Waals surface area contributed by atoms with Crippen LogP contribution in [0, 0.1) is 0 Å². The van der Waals surface area contributed by atoms with Gasteiger partial charge in [-0.1, -0.05) is 6.07 Å². The highest BCUT2D eigenvalue weighted by Crippen LogP contribution is 2.41. The molecule has 3 nitrogen and oxygen atoms in total. The third-order valence-corrected chi connectivity index (χ3v) is 3.19. The molecule has 0 spiro atoms. The van der Waals surface area contributed by atoms with E-state index in [1.807, 2.05) is 18.2 Å². The SMILES string of the molecule is c1ccc(Nc2nc(C3CC3)cs2)nc1. The third-order valence-electron chi connectivity index (χ3n) is 2.42. The van der Waals surface area contributed by atoms with Gasteiger partial charge in [0, 0.05) is 17.5 Å². The molecule has 0 atom stereocenters. The first kappa shape index (κ1) is 8.85. The molecule has 3 rings (SSSR count). The van der Waals surface area contributed by atoms with E-state index in [1.54, 1.807) is 17.5 Å². The third kappa shape index (κ3) is 1.99. The minimum atomic E-state index is 0.723. The maximum absolute atomic E-state index is 4.53. The van der Waals surface area contributed by atoms with Gasteiger partial charge in [-0.25, -0.2) is 9.97 Å².